The number of pyridine rings is 1. The van der Waals surface area contributed by atoms with Gasteiger partial charge in [-0.05, 0) is 30.3 Å². The molecule has 0 aliphatic rings. The molecular formula is C12H10ClFN2. The number of halogens is 2. The quantitative estimate of drug-likeness (QED) is 0.862. The second kappa shape index (κ2) is 4.49. The fraction of sp³-hybridized carbons (Fsp3) is 0.0833. The predicted octanol–water partition coefficient (Wildman–Crippen LogP) is 3.58. The first kappa shape index (κ1) is 10.9. The first-order valence-electron chi connectivity index (χ1n) is 4.81. The van der Waals surface area contributed by atoms with Crippen molar-refractivity contribution < 1.29 is 4.39 Å². The van der Waals surface area contributed by atoms with Gasteiger partial charge in [-0.15, -0.1) is 0 Å². The highest BCUT2D eigenvalue weighted by molar-refractivity contribution is 6.33. The van der Waals surface area contributed by atoms with E-state index in [4.69, 9.17) is 11.6 Å². The van der Waals surface area contributed by atoms with E-state index in [0.29, 0.717) is 16.3 Å². The lowest BCUT2D eigenvalue weighted by Crippen LogP contribution is -1.93. The molecule has 2 aromatic rings. The van der Waals surface area contributed by atoms with Gasteiger partial charge in [0.05, 0.1) is 10.7 Å². The van der Waals surface area contributed by atoms with Gasteiger partial charge < -0.3 is 5.32 Å². The van der Waals surface area contributed by atoms with Crippen molar-refractivity contribution in [2.24, 2.45) is 0 Å². The molecule has 82 valence electrons. The molecule has 0 saturated heterocycles. The maximum atomic E-state index is 13.1. The number of hydrogen-bond donors (Lipinski definition) is 1. The minimum atomic E-state index is -0.323. The standard InChI is InChI=1S/C12H10ClFN2/c1-15-12-4-2-3-11(16-12)9-7-8(14)5-6-10(9)13/h2-7H,1H3,(H,15,16). The lowest BCUT2D eigenvalue weighted by molar-refractivity contribution is 0.628. The molecule has 0 aliphatic heterocycles. The normalized spacial score (nSPS) is 10.2. The van der Waals surface area contributed by atoms with Crippen LogP contribution < -0.4 is 5.32 Å². The zero-order chi connectivity index (χ0) is 11.5. The minimum Gasteiger partial charge on any atom is -0.373 e. The van der Waals surface area contributed by atoms with E-state index < -0.39 is 0 Å². The Morgan fingerprint density at radius 2 is 2.06 bits per heavy atom. The highest BCUT2D eigenvalue weighted by Crippen LogP contribution is 2.27. The summed E-state index contributed by atoms with van der Waals surface area (Å²) < 4.78 is 13.1. The van der Waals surface area contributed by atoms with E-state index in [1.165, 1.54) is 18.2 Å². The van der Waals surface area contributed by atoms with Crippen molar-refractivity contribution in [3.63, 3.8) is 0 Å². The second-order valence-electron chi connectivity index (χ2n) is 3.28. The van der Waals surface area contributed by atoms with E-state index in [1.54, 1.807) is 13.1 Å². The van der Waals surface area contributed by atoms with E-state index in [2.05, 4.69) is 10.3 Å². The third kappa shape index (κ3) is 2.14. The summed E-state index contributed by atoms with van der Waals surface area (Å²) >= 11 is 6.00. The molecule has 0 fully saturated rings. The molecule has 1 aromatic carbocycles. The van der Waals surface area contributed by atoms with Crippen molar-refractivity contribution in [3.8, 4) is 11.3 Å². The summed E-state index contributed by atoms with van der Waals surface area (Å²) in [4.78, 5) is 4.30. The molecule has 16 heavy (non-hydrogen) atoms. The Kier molecular flexibility index (Phi) is 3.06. The molecule has 0 amide bonds. The molecule has 0 radical (unpaired) electrons. The molecular weight excluding hydrogens is 227 g/mol. The Labute approximate surface area is 98.1 Å². The molecule has 2 rings (SSSR count). The monoisotopic (exact) mass is 236 g/mol. The zero-order valence-electron chi connectivity index (χ0n) is 8.67. The molecule has 0 unspecified atom stereocenters. The van der Waals surface area contributed by atoms with Crippen molar-refractivity contribution in [1.29, 1.82) is 0 Å². The Morgan fingerprint density at radius 3 is 2.81 bits per heavy atom. The van der Waals surface area contributed by atoms with Gasteiger partial charge >= 0.3 is 0 Å². The van der Waals surface area contributed by atoms with Gasteiger partial charge in [0, 0.05) is 12.6 Å². The van der Waals surface area contributed by atoms with E-state index in [1.807, 2.05) is 12.1 Å². The van der Waals surface area contributed by atoms with Gasteiger partial charge in [-0.1, -0.05) is 17.7 Å². The molecule has 0 atom stereocenters. The minimum absolute atomic E-state index is 0.323. The van der Waals surface area contributed by atoms with Crippen LogP contribution in [-0.2, 0) is 0 Å². The van der Waals surface area contributed by atoms with Crippen molar-refractivity contribution in [3.05, 3.63) is 47.2 Å². The summed E-state index contributed by atoms with van der Waals surface area (Å²) in [7, 11) is 1.78. The third-order valence-electron chi connectivity index (χ3n) is 2.21. The highest BCUT2D eigenvalue weighted by Gasteiger charge is 2.06. The largest absolute Gasteiger partial charge is 0.373 e. The Balaban J connectivity index is 2.53. The van der Waals surface area contributed by atoms with Crippen LogP contribution in [0.1, 0.15) is 0 Å². The van der Waals surface area contributed by atoms with E-state index in [9.17, 15) is 4.39 Å². The summed E-state index contributed by atoms with van der Waals surface area (Å²) in [5.41, 5.74) is 1.25. The number of rotatable bonds is 2. The maximum Gasteiger partial charge on any atom is 0.126 e. The van der Waals surface area contributed by atoms with Gasteiger partial charge in [-0.3, -0.25) is 0 Å². The summed E-state index contributed by atoms with van der Waals surface area (Å²) in [6.07, 6.45) is 0. The van der Waals surface area contributed by atoms with Crippen LogP contribution in [0, 0.1) is 5.82 Å². The van der Waals surface area contributed by atoms with Gasteiger partial charge in [-0.25, -0.2) is 9.37 Å². The molecule has 0 saturated carbocycles. The highest BCUT2D eigenvalue weighted by atomic mass is 35.5. The topological polar surface area (TPSA) is 24.9 Å². The van der Waals surface area contributed by atoms with E-state index in [-0.39, 0.29) is 5.82 Å². The molecule has 0 bridgehead atoms. The van der Waals surface area contributed by atoms with Crippen molar-refractivity contribution in [1.82, 2.24) is 4.98 Å². The van der Waals surface area contributed by atoms with Crippen LogP contribution in [0.3, 0.4) is 0 Å². The fourth-order valence-electron chi connectivity index (χ4n) is 1.42. The number of nitrogens with zero attached hydrogens (tertiary/aromatic N) is 1. The van der Waals surface area contributed by atoms with Crippen LogP contribution in [0.25, 0.3) is 11.3 Å². The van der Waals surface area contributed by atoms with E-state index >= 15 is 0 Å². The SMILES string of the molecule is CNc1cccc(-c2cc(F)ccc2Cl)n1. The summed E-state index contributed by atoms with van der Waals surface area (Å²) in [5, 5.41) is 3.41. The number of benzene rings is 1. The maximum absolute atomic E-state index is 13.1. The van der Waals surface area contributed by atoms with Crippen molar-refractivity contribution >= 4 is 17.4 Å². The number of anilines is 1. The van der Waals surface area contributed by atoms with Gasteiger partial charge in [0.25, 0.3) is 0 Å². The van der Waals surface area contributed by atoms with Crippen LogP contribution in [0.5, 0.6) is 0 Å². The molecule has 0 spiro atoms. The molecule has 2 nitrogen and oxygen atoms in total. The van der Waals surface area contributed by atoms with Gasteiger partial charge in [-0.2, -0.15) is 0 Å². The van der Waals surface area contributed by atoms with Crippen LogP contribution >= 0.6 is 11.6 Å². The number of aromatic nitrogens is 1. The number of nitrogens with one attached hydrogen (secondary N) is 1. The molecule has 1 heterocycles. The van der Waals surface area contributed by atoms with Crippen LogP contribution in [0.15, 0.2) is 36.4 Å². The fourth-order valence-corrected chi connectivity index (χ4v) is 1.63. The summed E-state index contributed by atoms with van der Waals surface area (Å²) in [6.45, 7) is 0. The average molecular weight is 237 g/mol. The van der Waals surface area contributed by atoms with E-state index in [0.717, 1.165) is 5.82 Å². The Morgan fingerprint density at radius 1 is 1.25 bits per heavy atom. The zero-order valence-corrected chi connectivity index (χ0v) is 9.42. The van der Waals surface area contributed by atoms with Gasteiger partial charge in [0.1, 0.15) is 11.6 Å². The first-order chi connectivity index (χ1) is 7.70. The van der Waals surface area contributed by atoms with Crippen molar-refractivity contribution in [2.45, 2.75) is 0 Å². The molecule has 4 heteroatoms. The smallest absolute Gasteiger partial charge is 0.126 e. The Bertz CT molecular complexity index is 514. The second-order valence-corrected chi connectivity index (χ2v) is 3.69. The van der Waals surface area contributed by atoms with Crippen LogP contribution in [0.2, 0.25) is 5.02 Å². The Hall–Kier alpha value is -1.61. The van der Waals surface area contributed by atoms with Crippen molar-refractivity contribution in [2.75, 3.05) is 12.4 Å². The van der Waals surface area contributed by atoms with Gasteiger partial charge in [0.15, 0.2) is 0 Å². The first-order valence-corrected chi connectivity index (χ1v) is 5.19. The van der Waals surface area contributed by atoms with Gasteiger partial charge in [0.2, 0.25) is 0 Å². The molecule has 1 aromatic heterocycles. The lowest BCUT2D eigenvalue weighted by atomic mass is 10.1. The summed E-state index contributed by atoms with van der Waals surface area (Å²) in [6, 6.07) is 9.70. The van der Waals surface area contributed by atoms with Crippen LogP contribution in [-0.4, -0.2) is 12.0 Å². The summed E-state index contributed by atoms with van der Waals surface area (Å²) in [5.74, 6) is 0.397. The molecule has 1 N–H and O–H groups in total. The lowest BCUT2D eigenvalue weighted by Gasteiger charge is -2.06. The predicted molar refractivity (Wildman–Crippen MR) is 64.2 cm³/mol. The average Bonchev–Trinajstić information content (AvgIpc) is 2.32. The third-order valence-corrected chi connectivity index (χ3v) is 2.54. The molecule has 0 aliphatic carbocycles. The van der Waals surface area contributed by atoms with Crippen LogP contribution in [0.4, 0.5) is 10.2 Å². The number of hydrogen-bond acceptors (Lipinski definition) is 2.